The summed E-state index contributed by atoms with van der Waals surface area (Å²) in [6.07, 6.45) is 11.7. The minimum Gasteiger partial charge on any atom is -0.393 e. The van der Waals surface area contributed by atoms with Crippen LogP contribution >= 0.6 is 0 Å². The van der Waals surface area contributed by atoms with Gasteiger partial charge in [0.25, 0.3) is 0 Å². The number of nitrogens with one attached hydrogen (secondary N) is 1. The van der Waals surface area contributed by atoms with Crippen LogP contribution < -0.4 is 5.32 Å². The standard InChI is InChI=1S/C15H31NO2/c1-3-4-5-6-7-8-9-11-14(17)12-10-13-15(18)16-2/h14,17H,3-13H2,1-2H3,(H,16,18). The molecule has 108 valence electrons. The van der Waals surface area contributed by atoms with Crippen LogP contribution in [0.4, 0.5) is 0 Å². The van der Waals surface area contributed by atoms with Gasteiger partial charge in [-0.3, -0.25) is 4.79 Å². The van der Waals surface area contributed by atoms with Gasteiger partial charge >= 0.3 is 0 Å². The molecule has 1 unspecified atom stereocenters. The quantitative estimate of drug-likeness (QED) is 0.526. The predicted octanol–water partition coefficient (Wildman–Crippen LogP) is 3.40. The number of carbonyl (C=O) groups excluding carboxylic acids is 1. The molecule has 0 saturated heterocycles. The average molecular weight is 257 g/mol. The highest BCUT2D eigenvalue weighted by atomic mass is 16.3. The Labute approximate surface area is 112 Å². The summed E-state index contributed by atoms with van der Waals surface area (Å²) >= 11 is 0. The number of hydrogen-bond donors (Lipinski definition) is 2. The molecule has 1 amide bonds. The van der Waals surface area contributed by atoms with Gasteiger partial charge in [0.1, 0.15) is 0 Å². The van der Waals surface area contributed by atoms with E-state index >= 15 is 0 Å². The van der Waals surface area contributed by atoms with Crippen LogP contribution in [-0.4, -0.2) is 24.2 Å². The van der Waals surface area contributed by atoms with E-state index in [1.807, 2.05) is 0 Å². The Morgan fingerprint density at radius 3 is 2.17 bits per heavy atom. The van der Waals surface area contributed by atoms with Crippen LogP contribution in [0, 0.1) is 0 Å². The lowest BCUT2D eigenvalue weighted by atomic mass is 10.0. The number of carbonyl (C=O) groups is 1. The van der Waals surface area contributed by atoms with Crippen molar-refractivity contribution >= 4 is 5.91 Å². The molecule has 0 aromatic rings. The molecule has 0 aliphatic rings. The molecule has 0 fully saturated rings. The highest BCUT2D eigenvalue weighted by Gasteiger charge is 2.05. The summed E-state index contributed by atoms with van der Waals surface area (Å²) < 4.78 is 0. The Morgan fingerprint density at radius 1 is 1.00 bits per heavy atom. The Hall–Kier alpha value is -0.570. The summed E-state index contributed by atoms with van der Waals surface area (Å²) in [6, 6.07) is 0. The zero-order valence-corrected chi connectivity index (χ0v) is 12.2. The molecule has 0 saturated carbocycles. The van der Waals surface area contributed by atoms with Gasteiger partial charge in [-0.15, -0.1) is 0 Å². The van der Waals surface area contributed by atoms with E-state index in [1.165, 1.54) is 38.5 Å². The summed E-state index contributed by atoms with van der Waals surface area (Å²) in [5.41, 5.74) is 0. The second-order valence-corrected chi connectivity index (χ2v) is 5.13. The first kappa shape index (κ1) is 17.4. The van der Waals surface area contributed by atoms with E-state index in [-0.39, 0.29) is 12.0 Å². The second kappa shape index (κ2) is 12.9. The van der Waals surface area contributed by atoms with Crippen molar-refractivity contribution < 1.29 is 9.90 Å². The van der Waals surface area contributed by atoms with Crippen molar-refractivity contribution in [3.8, 4) is 0 Å². The highest BCUT2D eigenvalue weighted by Crippen LogP contribution is 2.12. The van der Waals surface area contributed by atoms with Gasteiger partial charge in [0, 0.05) is 13.5 Å². The van der Waals surface area contributed by atoms with Gasteiger partial charge in [-0.25, -0.2) is 0 Å². The van der Waals surface area contributed by atoms with E-state index < -0.39 is 0 Å². The van der Waals surface area contributed by atoms with Crippen molar-refractivity contribution in [3.63, 3.8) is 0 Å². The number of aliphatic hydroxyl groups excluding tert-OH is 1. The fourth-order valence-electron chi connectivity index (χ4n) is 2.10. The number of hydrogen-bond acceptors (Lipinski definition) is 2. The van der Waals surface area contributed by atoms with Crippen LogP contribution in [0.15, 0.2) is 0 Å². The maximum Gasteiger partial charge on any atom is 0.219 e. The van der Waals surface area contributed by atoms with Crippen molar-refractivity contribution in [1.82, 2.24) is 5.32 Å². The van der Waals surface area contributed by atoms with Crippen molar-refractivity contribution in [2.75, 3.05) is 7.05 Å². The highest BCUT2D eigenvalue weighted by molar-refractivity contribution is 5.75. The third-order valence-electron chi connectivity index (χ3n) is 3.36. The minimum absolute atomic E-state index is 0.0677. The summed E-state index contributed by atoms with van der Waals surface area (Å²) in [4.78, 5) is 11.0. The third-order valence-corrected chi connectivity index (χ3v) is 3.36. The van der Waals surface area contributed by atoms with Crippen LogP contribution in [0.25, 0.3) is 0 Å². The number of aliphatic hydroxyl groups is 1. The number of unbranched alkanes of at least 4 members (excludes halogenated alkanes) is 6. The molecule has 0 aromatic heterocycles. The van der Waals surface area contributed by atoms with Crippen molar-refractivity contribution in [1.29, 1.82) is 0 Å². The van der Waals surface area contributed by atoms with Crippen LogP contribution in [0.3, 0.4) is 0 Å². The van der Waals surface area contributed by atoms with Gasteiger partial charge in [0.2, 0.25) is 5.91 Å². The monoisotopic (exact) mass is 257 g/mol. The predicted molar refractivity (Wildman–Crippen MR) is 76.5 cm³/mol. The molecular weight excluding hydrogens is 226 g/mol. The van der Waals surface area contributed by atoms with Crippen LogP contribution in [0.2, 0.25) is 0 Å². The van der Waals surface area contributed by atoms with E-state index in [2.05, 4.69) is 12.2 Å². The fraction of sp³-hybridized carbons (Fsp3) is 0.933. The average Bonchev–Trinajstić information content (AvgIpc) is 2.37. The van der Waals surface area contributed by atoms with E-state index in [0.717, 1.165) is 25.7 Å². The maximum absolute atomic E-state index is 11.0. The lowest BCUT2D eigenvalue weighted by Gasteiger charge is -2.09. The summed E-state index contributed by atoms with van der Waals surface area (Å²) in [6.45, 7) is 2.23. The fourth-order valence-corrected chi connectivity index (χ4v) is 2.10. The summed E-state index contributed by atoms with van der Waals surface area (Å²) in [5, 5.41) is 12.3. The first-order chi connectivity index (χ1) is 8.70. The second-order valence-electron chi connectivity index (χ2n) is 5.13. The zero-order valence-electron chi connectivity index (χ0n) is 12.2. The molecule has 0 spiro atoms. The molecule has 3 heteroatoms. The van der Waals surface area contributed by atoms with Gasteiger partial charge in [-0.1, -0.05) is 51.9 Å². The van der Waals surface area contributed by atoms with E-state index in [0.29, 0.717) is 6.42 Å². The lowest BCUT2D eigenvalue weighted by Crippen LogP contribution is -2.18. The van der Waals surface area contributed by atoms with Crippen LogP contribution in [-0.2, 0) is 4.79 Å². The van der Waals surface area contributed by atoms with E-state index in [4.69, 9.17) is 0 Å². The normalized spacial score (nSPS) is 12.4. The van der Waals surface area contributed by atoms with E-state index in [1.54, 1.807) is 7.05 Å². The Morgan fingerprint density at radius 2 is 1.56 bits per heavy atom. The largest absolute Gasteiger partial charge is 0.393 e. The van der Waals surface area contributed by atoms with Gasteiger partial charge in [-0.05, 0) is 19.3 Å². The third kappa shape index (κ3) is 11.9. The Kier molecular flexibility index (Phi) is 12.5. The molecule has 0 heterocycles. The molecule has 2 N–H and O–H groups in total. The topological polar surface area (TPSA) is 49.3 Å². The molecule has 0 rings (SSSR count). The summed E-state index contributed by atoms with van der Waals surface area (Å²) in [5.74, 6) is 0.0677. The van der Waals surface area contributed by atoms with Gasteiger partial charge in [-0.2, -0.15) is 0 Å². The number of rotatable bonds is 12. The molecule has 3 nitrogen and oxygen atoms in total. The summed E-state index contributed by atoms with van der Waals surface area (Å²) in [7, 11) is 1.65. The SMILES string of the molecule is CCCCCCCCCC(O)CCCC(=O)NC. The van der Waals surface area contributed by atoms with E-state index in [9.17, 15) is 9.90 Å². The molecule has 0 bridgehead atoms. The molecule has 0 aromatic carbocycles. The van der Waals surface area contributed by atoms with Crippen LogP contribution in [0.1, 0.15) is 77.6 Å². The molecular formula is C15H31NO2. The zero-order chi connectivity index (χ0) is 13.6. The maximum atomic E-state index is 11.0. The lowest BCUT2D eigenvalue weighted by molar-refractivity contribution is -0.120. The smallest absolute Gasteiger partial charge is 0.219 e. The molecule has 0 radical (unpaired) electrons. The minimum atomic E-state index is -0.217. The van der Waals surface area contributed by atoms with Crippen molar-refractivity contribution in [2.24, 2.45) is 0 Å². The van der Waals surface area contributed by atoms with Gasteiger partial charge < -0.3 is 10.4 Å². The first-order valence-corrected chi connectivity index (χ1v) is 7.59. The molecule has 0 aliphatic carbocycles. The Balaban J connectivity index is 3.21. The first-order valence-electron chi connectivity index (χ1n) is 7.59. The van der Waals surface area contributed by atoms with Crippen molar-refractivity contribution in [2.45, 2.75) is 83.7 Å². The number of amides is 1. The van der Waals surface area contributed by atoms with Crippen LogP contribution in [0.5, 0.6) is 0 Å². The van der Waals surface area contributed by atoms with Gasteiger partial charge in [0.15, 0.2) is 0 Å². The molecule has 0 aliphatic heterocycles. The molecule has 1 atom stereocenters. The molecule has 18 heavy (non-hydrogen) atoms. The van der Waals surface area contributed by atoms with Crippen molar-refractivity contribution in [3.05, 3.63) is 0 Å². The van der Waals surface area contributed by atoms with Gasteiger partial charge in [0.05, 0.1) is 6.10 Å². The Bertz CT molecular complexity index is 195.